The minimum atomic E-state index is -0.353. The fourth-order valence-electron chi connectivity index (χ4n) is 1.11. The molecule has 1 aromatic rings. The van der Waals surface area contributed by atoms with Crippen LogP contribution in [0.2, 0.25) is 0 Å². The standard InChI is InChI=1S/C14H16O2/c1-11(2)14(15)16-10-4-5-13-8-6-12(3)7-9-13/h4-9H,1,10H2,2-3H3/b5-4+. The fraction of sp³-hybridized carbons (Fsp3) is 0.214. The van der Waals surface area contributed by atoms with Crippen LogP contribution in [-0.4, -0.2) is 12.6 Å². The molecule has 2 heteroatoms. The first-order valence-electron chi connectivity index (χ1n) is 5.15. The number of esters is 1. The van der Waals surface area contributed by atoms with Crippen molar-refractivity contribution in [3.8, 4) is 0 Å². The molecule has 0 spiro atoms. The van der Waals surface area contributed by atoms with Crippen LogP contribution in [0.25, 0.3) is 6.08 Å². The van der Waals surface area contributed by atoms with Crippen molar-refractivity contribution in [2.45, 2.75) is 13.8 Å². The maximum Gasteiger partial charge on any atom is 0.333 e. The second kappa shape index (κ2) is 5.91. The summed E-state index contributed by atoms with van der Waals surface area (Å²) in [7, 11) is 0. The molecule has 0 radical (unpaired) electrons. The van der Waals surface area contributed by atoms with Crippen LogP contribution in [0.15, 0.2) is 42.5 Å². The van der Waals surface area contributed by atoms with Crippen LogP contribution in [-0.2, 0) is 9.53 Å². The maximum absolute atomic E-state index is 11.0. The summed E-state index contributed by atoms with van der Waals surface area (Å²) in [6, 6.07) is 8.12. The van der Waals surface area contributed by atoms with Crippen LogP contribution >= 0.6 is 0 Å². The van der Waals surface area contributed by atoms with Gasteiger partial charge in [0.15, 0.2) is 0 Å². The van der Waals surface area contributed by atoms with E-state index < -0.39 is 0 Å². The zero-order valence-electron chi connectivity index (χ0n) is 9.69. The van der Waals surface area contributed by atoms with E-state index in [4.69, 9.17) is 4.74 Å². The molecular weight excluding hydrogens is 200 g/mol. The molecule has 0 fully saturated rings. The number of aryl methyl sites for hydroxylation is 1. The summed E-state index contributed by atoms with van der Waals surface area (Å²) in [5.74, 6) is -0.353. The van der Waals surface area contributed by atoms with Crippen LogP contribution in [0.1, 0.15) is 18.1 Å². The Bertz CT molecular complexity index is 399. The largest absolute Gasteiger partial charge is 0.458 e. The van der Waals surface area contributed by atoms with E-state index in [1.54, 1.807) is 6.92 Å². The van der Waals surface area contributed by atoms with Crippen molar-refractivity contribution in [2.75, 3.05) is 6.61 Å². The molecule has 2 nitrogen and oxygen atoms in total. The summed E-state index contributed by atoms with van der Waals surface area (Å²) < 4.78 is 4.92. The summed E-state index contributed by atoms with van der Waals surface area (Å²) in [5, 5.41) is 0. The van der Waals surface area contributed by atoms with Crippen molar-refractivity contribution >= 4 is 12.0 Å². The Morgan fingerprint density at radius 3 is 2.56 bits per heavy atom. The van der Waals surface area contributed by atoms with Gasteiger partial charge in [0.25, 0.3) is 0 Å². The Morgan fingerprint density at radius 1 is 1.38 bits per heavy atom. The van der Waals surface area contributed by atoms with Crippen LogP contribution < -0.4 is 0 Å². The molecule has 0 N–H and O–H groups in total. The Balaban J connectivity index is 2.40. The van der Waals surface area contributed by atoms with E-state index >= 15 is 0 Å². The number of hydrogen-bond acceptors (Lipinski definition) is 2. The minimum absolute atomic E-state index is 0.277. The Kier molecular flexibility index (Phi) is 4.52. The second-order valence-corrected chi connectivity index (χ2v) is 3.69. The van der Waals surface area contributed by atoms with Crippen LogP contribution in [0.4, 0.5) is 0 Å². The van der Waals surface area contributed by atoms with Crippen molar-refractivity contribution < 1.29 is 9.53 Å². The lowest BCUT2D eigenvalue weighted by molar-refractivity contribution is -0.137. The molecule has 0 atom stereocenters. The zero-order valence-corrected chi connectivity index (χ0v) is 9.69. The monoisotopic (exact) mass is 216 g/mol. The average molecular weight is 216 g/mol. The van der Waals surface area contributed by atoms with Crippen LogP contribution in [0.5, 0.6) is 0 Å². The van der Waals surface area contributed by atoms with Gasteiger partial charge in [-0.15, -0.1) is 0 Å². The fourth-order valence-corrected chi connectivity index (χ4v) is 1.11. The smallest absolute Gasteiger partial charge is 0.333 e. The summed E-state index contributed by atoms with van der Waals surface area (Å²) in [4.78, 5) is 11.0. The van der Waals surface area contributed by atoms with Gasteiger partial charge in [0, 0.05) is 5.57 Å². The molecule has 84 valence electrons. The number of ether oxygens (including phenoxy) is 1. The van der Waals surface area contributed by atoms with Crippen molar-refractivity contribution in [1.29, 1.82) is 0 Å². The van der Waals surface area contributed by atoms with E-state index in [2.05, 4.69) is 6.58 Å². The summed E-state index contributed by atoms with van der Waals surface area (Å²) in [5.41, 5.74) is 2.74. The predicted molar refractivity (Wildman–Crippen MR) is 66.0 cm³/mol. The topological polar surface area (TPSA) is 26.3 Å². The highest BCUT2D eigenvalue weighted by Gasteiger charge is 1.99. The van der Waals surface area contributed by atoms with Crippen molar-refractivity contribution in [3.63, 3.8) is 0 Å². The average Bonchev–Trinajstić information content (AvgIpc) is 2.26. The normalized spacial score (nSPS) is 10.4. The Hall–Kier alpha value is -1.83. The van der Waals surface area contributed by atoms with Crippen molar-refractivity contribution in [2.24, 2.45) is 0 Å². The number of hydrogen-bond donors (Lipinski definition) is 0. The molecular formula is C14H16O2. The quantitative estimate of drug-likeness (QED) is 0.571. The number of carbonyl (C=O) groups excluding carboxylic acids is 1. The molecule has 1 aromatic carbocycles. The minimum Gasteiger partial charge on any atom is -0.458 e. The molecule has 1 rings (SSSR count). The number of benzene rings is 1. The zero-order chi connectivity index (χ0) is 12.0. The van der Waals surface area contributed by atoms with Gasteiger partial charge in [0.2, 0.25) is 0 Å². The van der Waals surface area contributed by atoms with Gasteiger partial charge in [-0.25, -0.2) is 4.79 Å². The molecule has 0 bridgehead atoms. The summed E-state index contributed by atoms with van der Waals surface area (Å²) >= 11 is 0. The molecule has 16 heavy (non-hydrogen) atoms. The predicted octanol–water partition coefficient (Wildman–Crippen LogP) is 3.13. The SMILES string of the molecule is C=C(C)C(=O)OC/C=C/c1ccc(C)cc1. The molecule has 0 aliphatic rings. The molecule has 0 aromatic heterocycles. The van der Waals surface area contributed by atoms with Crippen molar-refractivity contribution in [1.82, 2.24) is 0 Å². The lowest BCUT2D eigenvalue weighted by atomic mass is 10.1. The Labute approximate surface area is 96.2 Å². The summed E-state index contributed by atoms with van der Waals surface area (Å²) in [6.07, 6.45) is 3.73. The van der Waals surface area contributed by atoms with Gasteiger partial charge in [0.05, 0.1) is 0 Å². The van der Waals surface area contributed by atoms with E-state index in [9.17, 15) is 4.79 Å². The lowest BCUT2D eigenvalue weighted by Gasteiger charge is -1.99. The molecule has 0 aliphatic heterocycles. The highest BCUT2D eigenvalue weighted by atomic mass is 16.5. The molecule has 0 saturated carbocycles. The van der Waals surface area contributed by atoms with E-state index in [0.717, 1.165) is 5.56 Å². The van der Waals surface area contributed by atoms with Gasteiger partial charge in [-0.2, -0.15) is 0 Å². The summed E-state index contributed by atoms with van der Waals surface area (Å²) in [6.45, 7) is 7.46. The lowest BCUT2D eigenvalue weighted by Crippen LogP contribution is -2.04. The molecule has 0 heterocycles. The molecule has 0 amide bonds. The van der Waals surface area contributed by atoms with Gasteiger partial charge in [0.1, 0.15) is 6.61 Å². The van der Waals surface area contributed by atoms with Gasteiger partial charge in [-0.3, -0.25) is 0 Å². The highest BCUT2D eigenvalue weighted by molar-refractivity contribution is 5.87. The van der Waals surface area contributed by atoms with E-state index in [1.165, 1.54) is 5.56 Å². The Morgan fingerprint density at radius 2 is 2.00 bits per heavy atom. The van der Waals surface area contributed by atoms with Crippen LogP contribution in [0.3, 0.4) is 0 Å². The van der Waals surface area contributed by atoms with E-state index in [0.29, 0.717) is 5.57 Å². The third kappa shape index (κ3) is 4.13. The van der Waals surface area contributed by atoms with Gasteiger partial charge in [-0.05, 0) is 25.5 Å². The second-order valence-electron chi connectivity index (χ2n) is 3.69. The first-order valence-corrected chi connectivity index (χ1v) is 5.15. The van der Waals surface area contributed by atoms with Gasteiger partial charge in [-0.1, -0.05) is 42.5 Å². The van der Waals surface area contributed by atoms with E-state index in [1.807, 2.05) is 43.3 Å². The van der Waals surface area contributed by atoms with Gasteiger partial charge >= 0.3 is 5.97 Å². The number of rotatable bonds is 4. The third-order valence-electron chi connectivity index (χ3n) is 2.05. The van der Waals surface area contributed by atoms with Crippen molar-refractivity contribution in [3.05, 3.63) is 53.6 Å². The first kappa shape index (κ1) is 12.2. The molecule has 0 unspecified atom stereocenters. The van der Waals surface area contributed by atoms with E-state index in [-0.39, 0.29) is 12.6 Å². The molecule has 0 aliphatic carbocycles. The van der Waals surface area contributed by atoms with Gasteiger partial charge < -0.3 is 4.74 Å². The third-order valence-corrected chi connectivity index (χ3v) is 2.05. The maximum atomic E-state index is 11.0. The molecule has 0 saturated heterocycles. The highest BCUT2D eigenvalue weighted by Crippen LogP contribution is 2.04. The number of carbonyl (C=O) groups is 1. The first-order chi connectivity index (χ1) is 7.59. The van der Waals surface area contributed by atoms with Crippen LogP contribution in [0, 0.1) is 6.92 Å².